The molecule has 1 amide bonds. The van der Waals surface area contributed by atoms with E-state index in [4.69, 9.17) is 9.47 Å². The second-order valence-electron chi connectivity index (χ2n) is 7.38. The number of carbonyl (C=O) groups excluding carboxylic acids is 1. The Hall–Kier alpha value is -3.61. The summed E-state index contributed by atoms with van der Waals surface area (Å²) in [6.07, 6.45) is 6.05. The molecule has 160 valence electrons. The molecule has 0 N–H and O–H groups in total. The molecule has 0 atom stereocenters. The van der Waals surface area contributed by atoms with Gasteiger partial charge in [-0.2, -0.15) is 0 Å². The van der Waals surface area contributed by atoms with Gasteiger partial charge in [-0.25, -0.2) is 9.37 Å². The normalized spacial score (nSPS) is 15.3. The number of aryl methyl sites for hydroxylation is 1. The number of methoxy groups -OCH3 is 1. The zero-order valence-corrected chi connectivity index (χ0v) is 17.5. The maximum atomic E-state index is 13.1. The molecule has 0 unspecified atom stereocenters. The molecule has 0 saturated carbocycles. The fourth-order valence-corrected chi connectivity index (χ4v) is 3.52. The van der Waals surface area contributed by atoms with Crippen molar-refractivity contribution in [2.45, 2.75) is 13.3 Å². The number of ether oxygens (including phenoxy) is 2. The number of carbonyl (C=O) groups is 1. The summed E-state index contributed by atoms with van der Waals surface area (Å²) in [5, 5.41) is 0. The first-order valence-corrected chi connectivity index (χ1v) is 10.1. The number of rotatable bonds is 6. The predicted molar refractivity (Wildman–Crippen MR) is 115 cm³/mol. The summed E-state index contributed by atoms with van der Waals surface area (Å²) < 4.78 is 26.2. The second-order valence-corrected chi connectivity index (χ2v) is 7.38. The van der Waals surface area contributed by atoms with Gasteiger partial charge in [0.05, 0.1) is 31.4 Å². The van der Waals surface area contributed by atoms with Crippen molar-refractivity contribution in [2.24, 2.45) is 0 Å². The van der Waals surface area contributed by atoms with Gasteiger partial charge in [-0.05, 0) is 54.8 Å². The van der Waals surface area contributed by atoms with Crippen molar-refractivity contribution in [3.05, 3.63) is 83.4 Å². The van der Waals surface area contributed by atoms with Crippen molar-refractivity contribution in [3.8, 4) is 11.4 Å². The first-order valence-electron chi connectivity index (χ1n) is 10.1. The summed E-state index contributed by atoms with van der Waals surface area (Å²) in [5.41, 5.74) is 3.57. The van der Waals surface area contributed by atoms with E-state index in [-0.39, 0.29) is 11.7 Å². The first-order chi connectivity index (χ1) is 15.0. The van der Waals surface area contributed by atoms with Gasteiger partial charge in [0.1, 0.15) is 18.2 Å². The quantitative estimate of drug-likeness (QED) is 0.569. The smallest absolute Gasteiger partial charge is 0.289 e. The van der Waals surface area contributed by atoms with Crippen molar-refractivity contribution < 1.29 is 18.7 Å². The first kappa shape index (κ1) is 20.7. The Balaban J connectivity index is 1.49. The highest BCUT2D eigenvalue weighted by atomic mass is 19.1. The summed E-state index contributed by atoms with van der Waals surface area (Å²) in [7, 11) is 1.61. The third-order valence-electron chi connectivity index (χ3n) is 5.19. The van der Waals surface area contributed by atoms with E-state index < -0.39 is 0 Å². The lowest BCUT2D eigenvalue weighted by Crippen LogP contribution is -2.41. The lowest BCUT2D eigenvalue weighted by atomic mass is 10.1. The number of benzene rings is 2. The van der Waals surface area contributed by atoms with Crippen LogP contribution in [0.15, 0.2) is 60.7 Å². The fourth-order valence-electron chi connectivity index (χ4n) is 3.52. The molecule has 2 aromatic carbocycles. The van der Waals surface area contributed by atoms with Crippen LogP contribution in [0.25, 0.3) is 11.8 Å². The maximum absolute atomic E-state index is 13.1. The van der Waals surface area contributed by atoms with Crippen molar-refractivity contribution >= 4 is 12.0 Å². The minimum Gasteiger partial charge on any atom is -0.495 e. The van der Waals surface area contributed by atoms with Crippen LogP contribution in [-0.2, 0) is 16.0 Å². The molecular formula is C24H24FN3O3. The van der Waals surface area contributed by atoms with Gasteiger partial charge in [-0.15, -0.1) is 0 Å². The SMILES string of the molecule is COc1cc(/C=C2/OCCN(CCc3ccc(F)cc3)C2=O)ccc1-n1cnc(C)c1. The molecule has 4 rings (SSSR count). The van der Waals surface area contributed by atoms with Crippen molar-refractivity contribution in [1.29, 1.82) is 0 Å². The van der Waals surface area contributed by atoms with Crippen LogP contribution in [0, 0.1) is 12.7 Å². The Morgan fingerprint density at radius 2 is 2.03 bits per heavy atom. The molecule has 0 aliphatic carbocycles. The lowest BCUT2D eigenvalue weighted by Gasteiger charge is -2.28. The Morgan fingerprint density at radius 1 is 1.23 bits per heavy atom. The van der Waals surface area contributed by atoms with Gasteiger partial charge in [0, 0.05) is 12.7 Å². The van der Waals surface area contributed by atoms with Gasteiger partial charge in [0.2, 0.25) is 0 Å². The zero-order valence-electron chi connectivity index (χ0n) is 17.5. The molecule has 1 aliphatic rings. The number of aromatic nitrogens is 2. The van der Waals surface area contributed by atoms with E-state index in [0.717, 1.165) is 22.5 Å². The predicted octanol–water partition coefficient (Wildman–Crippen LogP) is 3.77. The molecule has 1 aromatic heterocycles. The number of hydrogen-bond donors (Lipinski definition) is 0. The number of hydrogen-bond acceptors (Lipinski definition) is 4. The summed E-state index contributed by atoms with van der Waals surface area (Å²) in [6, 6.07) is 12.1. The van der Waals surface area contributed by atoms with E-state index in [0.29, 0.717) is 37.6 Å². The van der Waals surface area contributed by atoms with Crippen molar-refractivity contribution in [1.82, 2.24) is 14.5 Å². The van der Waals surface area contributed by atoms with Gasteiger partial charge in [-0.3, -0.25) is 4.79 Å². The average Bonchev–Trinajstić information content (AvgIpc) is 3.21. The Kier molecular flexibility index (Phi) is 6.02. The van der Waals surface area contributed by atoms with Crippen LogP contribution in [0.1, 0.15) is 16.8 Å². The largest absolute Gasteiger partial charge is 0.495 e. The minimum atomic E-state index is -0.263. The van der Waals surface area contributed by atoms with E-state index in [1.165, 1.54) is 12.1 Å². The molecule has 0 bridgehead atoms. The Labute approximate surface area is 180 Å². The molecule has 6 nitrogen and oxygen atoms in total. The molecule has 0 radical (unpaired) electrons. The van der Waals surface area contributed by atoms with Crippen LogP contribution in [0.2, 0.25) is 0 Å². The lowest BCUT2D eigenvalue weighted by molar-refractivity contribution is -0.135. The third-order valence-corrected chi connectivity index (χ3v) is 5.19. The topological polar surface area (TPSA) is 56.6 Å². The highest BCUT2D eigenvalue weighted by Crippen LogP contribution is 2.26. The van der Waals surface area contributed by atoms with Crippen LogP contribution in [0.4, 0.5) is 4.39 Å². The van der Waals surface area contributed by atoms with E-state index in [2.05, 4.69) is 4.98 Å². The summed E-state index contributed by atoms with van der Waals surface area (Å²) in [4.78, 5) is 18.9. The van der Waals surface area contributed by atoms with Gasteiger partial charge in [-0.1, -0.05) is 18.2 Å². The van der Waals surface area contributed by atoms with Gasteiger partial charge in [0.15, 0.2) is 5.76 Å². The number of nitrogens with zero attached hydrogens (tertiary/aromatic N) is 3. The number of imidazole rings is 1. The van der Waals surface area contributed by atoms with Crippen LogP contribution in [-0.4, -0.2) is 47.2 Å². The molecule has 1 saturated heterocycles. The van der Waals surface area contributed by atoms with Gasteiger partial charge in [0.25, 0.3) is 5.91 Å². The molecular weight excluding hydrogens is 397 g/mol. The van der Waals surface area contributed by atoms with E-state index >= 15 is 0 Å². The Bertz CT molecular complexity index is 1110. The molecule has 0 spiro atoms. The van der Waals surface area contributed by atoms with E-state index in [1.807, 2.05) is 35.9 Å². The maximum Gasteiger partial charge on any atom is 0.289 e. The van der Waals surface area contributed by atoms with Crippen LogP contribution in [0.5, 0.6) is 5.75 Å². The second kappa shape index (κ2) is 9.04. The average molecular weight is 421 g/mol. The van der Waals surface area contributed by atoms with Crippen LogP contribution < -0.4 is 4.74 Å². The highest BCUT2D eigenvalue weighted by molar-refractivity contribution is 5.96. The number of morpholine rings is 1. The molecule has 1 aliphatic heterocycles. The van der Waals surface area contributed by atoms with Crippen molar-refractivity contribution in [2.75, 3.05) is 26.8 Å². The van der Waals surface area contributed by atoms with Crippen molar-refractivity contribution in [3.63, 3.8) is 0 Å². The van der Waals surface area contributed by atoms with Gasteiger partial charge < -0.3 is 18.9 Å². The molecule has 7 heteroatoms. The molecule has 2 heterocycles. The number of halogens is 1. The van der Waals surface area contributed by atoms with Crippen LogP contribution >= 0.6 is 0 Å². The minimum absolute atomic E-state index is 0.151. The summed E-state index contributed by atoms with van der Waals surface area (Å²) in [6.45, 7) is 3.44. The molecule has 1 fully saturated rings. The standard InChI is InChI=1S/C24H24FN3O3/c1-17-15-28(16-26-17)21-8-5-19(13-22(21)30-2)14-23-24(29)27(11-12-31-23)10-9-18-3-6-20(25)7-4-18/h3-8,13-16H,9-12H2,1-2H3/b23-14+. The Morgan fingerprint density at radius 3 is 2.74 bits per heavy atom. The summed E-state index contributed by atoms with van der Waals surface area (Å²) in [5.74, 6) is 0.560. The fraction of sp³-hybridized carbons (Fsp3) is 0.250. The highest BCUT2D eigenvalue weighted by Gasteiger charge is 2.24. The molecule has 31 heavy (non-hydrogen) atoms. The third kappa shape index (κ3) is 4.77. The monoisotopic (exact) mass is 421 g/mol. The summed E-state index contributed by atoms with van der Waals surface area (Å²) >= 11 is 0. The van der Waals surface area contributed by atoms with E-state index in [9.17, 15) is 9.18 Å². The molecule has 3 aromatic rings. The zero-order chi connectivity index (χ0) is 21.8. The van der Waals surface area contributed by atoms with Gasteiger partial charge >= 0.3 is 0 Å². The number of amides is 1. The van der Waals surface area contributed by atoms with E-state index in [1.54, 1.807) is 36.5 Å². The van der Waals surface area contributed by atoms with Crippen LogP contribution in [0.3, 0.4) is 0 Å².